The number of hydrogen-bond donors (Lipinski definition) is 1. The van der Waals surface area contributed by atoms with Gasteiger partial charge in [-0.3, -0.25) is 10.1 Å². The molecule has 0 spiro atoms. The molecule has 0 radical (unpaired) electrons. The van der Waals surface area contributed by atoms with Crippen LogP contribution in [-0.2, 0) is 4.79 Å². The van der Waals surface area contributed by atoms with E-state index in [2.05, 4.69) is 31.0 Å². The summed E-state index contributed by atoms with van der Waals surface area (Å²) in [4.78, 5) is 14.2. The zero-order valence-corrected chi connectivity index (χ0v) is 11.4. The minimum Gasteiger partial charge on any atom is -0.323 e. The van der Waals surface area contributed by atoms with E-state index in [1.54, 1.807) is 0 Å². The van der Waals surface area contributed by atoms with Crippen LogP contribution in [0.2, 0.25) is 0 Å². The van der Waals surface area contributed by atoms with Gasteiger partial charge in [0.05, 0.1) is 12.7 Å². The van der Waals surface area contributed by atoms with Crippen molar-refractivity contribution in [1.82, 2.24) is 10.2 Å². The normalized spacial score (nSPS) is 38.8. The Kier molecular flexibility index (Phi) is 4.08. The van der Waals surface area contributed by atoms with Crippen LogP contribution in [0.3, 0.4) is 0 Å². The lowest BCUT2D eigenvalue weighted by Crippen LogP contribution is -2.47. The maximum atomic E-state index is 12.0. The van der Waals surface area contributed by atoms with E-state index >= 15 is 0 Å². The van der Waals surface area contributed by atoms with Crippen LogP contribution in [0.5, 0.6) is 0 Å². The molecular formula is C14H26N2O. The fraction of sp³-hybridized carbons (Fsp3) is 0.929. The quantitative estimate of drug-likeness (QED) is 0.818. The molecule has 1 aliphatic heterocycles. The predicted molar refractivity (Wildman–Crippen MR) is 69.5 cm³/mol. The van der Waals surface area contributed by atoms with Gasteiger partial charge >= 0.3 is 0 Å². The van der Waals surface area contributed by atoms with Gasteiger partial charge in [0.2, 0.25) is 5.91 Å². The average molecular weight is 238 g/mol. The Labute approximate surface area is 105 Å². The fourth-order valence-corrected chi connectivity index (χ4v) is 3.67. The summed E-state index contributed by atoms with van der Waals surface area (Å²) in [5, 5.41) is 3.36. The zero-order chi connectivity index (χ0) is 12.4. The highest BCUT2D eigenvalue weighted by Gasteiger charge is 2.38. The van der Waals surface area contributed by atoms with Gasteiger partial charge in [0.15, 0.2) is 0 Å². The molecule has 2 rings (SSSR count). The summed E-state index contributed by atoms with van der Waals surface area (Å²) in [6, 6.07) is 0.479. The molecule has 1 saturated heterocycles. The van der Waals surface area contributed by atoms with Crippen LogP contribution in [0.4, 0.5) is 0 Å². The number of hydrogen-bond acceptors (Lipinski definition) is 2. The highest BCUT2D eigenvalue weighted by molar-refractivity contribution is 5.81. The van der Waals surface area contributed by atoms with Crippen LogP contribution in [-0.4, -0.2) is 29.6 Å². The second kappa shape index (κ2) is 5.38. The number of nitrogens with zero attached hydrogens (tertiary/aromatic N) is 1. The molecule has 1 saturated carbocycles. The number of rotatable bonds is 3. The Morgan fingerprint density at radius 2 is 1.88 bits per heavy atom. The third kappa shape index (κ3) is 2.82. The summed E-state index contributed by atoms with van der Waals surface area (Å²) in [6.07, 6.45) is 6.24. The maximum Gasteiger partial charge on any atom is 0.238 e. The minimum absolute atomic E-state index is 0.301. The van der Waals surface area contributed by atoms with Crippen LogP contribution in [0.25, 0.3) is 0 Å². The largest absolute Gasteiger partial charge is 0.323 e. The summed E-state index contributed by atoms with van der Waals surface area (Å²) < 4.78 is 0. The van der Waals surface area contributed by atoms with Gasteiger partial charge in [0.1, 0.15) is 0 Å². The van der Waals surface area contributed by atoms with E-state index < -0.39 is 0 Å². The first kappa shape index (κ1) is 12.9. The minimum atomic E-state index is 0.301. The Bertz CT molecular complexity index is 269. The molecule has 2 fully saturated rings. The molecule has 98 valence electrons. The van der Waals surface area contributed by atoms with E-state index in [9.17, 15) is 4.79 Å². The van der Waals surface area contributed by atoms with Crippen LogP contribution >= 0.6 is 0 Å². The molecule has 0 aromatic heterocycles. The first-order valence-corrected chi connectivity index (χ1v) is 7.16. The zero-order valence-electron chi connectivity index (χ0n) is 11.4. The van der Waals surface area contributed by atoms with Crippen molar-refractivity contribution in [1.29, 1.82) is 0 Å². The lowest BCUT2D eigenvalue weighted by atomic mass is 9.79. The highest BCUT2D eigenvalue weighted by Crippen LogP contribution is 2.33. The standard InChI is InChI=1S/C14H26N2O/c1-4-5-13-15-9-14(17)16(13)12-7-10(2)6-11(3)8-12/h10-13,15H,4-9H2,1-3H3. The molecule has 1 N–H and O–H groups in total. The molecular weight excluding hydrogens is 212 g/mol. The van der Waals surface area contributed by atoms with Crippen LogP contribution in [0.1, 0.15) is 52.9 Å². The summed E-state index contributed by atoms with van der Waals surface area (Å²) in [5.41, 5.74) is 0. The van der Waals surface area contributed by atoms with E-state index in [4.69, 9.17) is 0 Å². The maximum absolute atomic E-state index is 12.0. The van der Waals surface area contributed by atoms with Crippen molar-refractivity contribution in [2.24, 2.45) is 11.8 Å². The van der Waals surface area contributed by atoms with Crippen molar-refractivity contribution in [2.75, 3.05) is 6.54 Å². The predicted octanol–water partition coefficient (Wildman–Crippen LogP) is 2.37. The third-order valence-electron chi connectivity index (χ3n) is 4.22. The fourth-order valence-electron chi connectivity index (χ4n) is 3.67. The van der Waals surface area contributed by atoms with Gasteiger partial charge in [0.25, 0.3) is 0 Å². The highest BCUT2D eigenvalue weighted by atomic mass is 16.2. The molecule has 3 nitrogen and oxygen atoms in total. The Hall–Kier alpha value is -0.570. The summed E-state index contributed by atoms with van der Waals surface area (Å²) in [5.74, 6) is 1.84. The molecule has 1 heterocycles. The molecule has 17 heavy (non-hydrogen) atoms. The van der Waals surface area contributed by atoms with E-state index in [0.717, 1.165) is 24.7 Å². The molecule has 3 unspecified atom stereocenters. The van der Waals surface area contributed by atoms with Crippen LogP contribution < -0.4 is 5.32 Å². The first-order valence-electron chi connectivity index (χ1n) is 7.16. The van der Waals surface area contributed by atoms with Gasteiger partial charge in [-0.25, -0.2) is 0 Å². The second-order valence-corrected chi connectivity index (χ2v) is 6.06. The number of nitrogens with one attached hydrogen (secondary N) is 1. The molecule has 3 heteroatoms. The number of amides is 1. The third-order valence-corrected chi connectivity index (χ3v) is 4.22. The monoisotopic (exact) mass is 238 g/mol. The van der Waals surface area contributed by atoms with E-state index in [0.29, 0.717) is 24.7 Å². The molecule has 0 bridgehead atoms. The van der Waals surface area contributed by atoms with Gasteiger partial charge in [-0.2, -0.15) is 0 Å². The Morgan fingerprint density at radius 3 is 2.47 bits per heavy atom. The molecule has 1 amide bonds. The Morgan fingerprint density at radius 1 is 1.24 bits per heavy atom. The van der Waals surface area contributed by atoms with Gasteiger partial charge < -0.3 is 4.90 Å². The molecule has 3 atom stereocenters. The van der Waals surface area contributed by atoms with Gasteiger partial charge in [-0.15, -0.1) is 0 Å². The number of carbonyl (C=O) groups is 1. The first-order chi connectivity index (χ1) is 8.11. The van der Waals surface area contributed by atoms with E-state index in [1.165, 1.54) is 19.3 Å². The van der Waals surface area contributed by atoms with Crippen molar-refractivity contribution < 1.29 is 4.79 Å². The van der Waals surface area contributed by atoms with Crippen molar-refractivity contribution >= 4 is 5.91 Å². The smallest absolute Gasteiger partial charge is 0.238 e. The topological polar surface area (TPSA) is 32.3 Å². The summed E-state index contributed by atoms with van der Waals surface area (Å²) in [6.45, 7) is 7.38. The van der Waals surface area contributed by atoms with Gasteiger partial charge in [-0.05, 0) is 37.5 Å². The SMILES string of the molecule is CCCC1NCC(=O)N1C1CC(C)CC(C)C1. The van der Waals surface area contributed by atoms with Crippen molar-refractivity contribution in [2.45, 2.75) is 65.1 Å². The summed E-state index contributed by atoms with van der Waals surface area (Å²) in [7, 11) is 0. The average Bonchev–Trinajstić information content (AvgIpc) is 2.59. The lowest BCUT2D eigenvalue weighted by molar-refractivity contribution is -0.131. The molecule has 0 aromatic rings. The van der Waals surface area contributed by atoms with Crippen LogP contribution in [0.15, 0.2) is 0 Å². The second-order valence-electron chi connectivity index (χ2n) is 6.06. The van der Waals surface area contributed by atoms with Crippen molar-refractivity contribution in [3.8, 4) is 0 Å². The van der Waals surface area contributed by atoms with E-state index in [1.807, 2.05) is 0 Å². The molecule has 1 aliphatic carbocycles. The lowest BCUT2D eigenvalue weighted by Gasteiger charge is -2.39. The Balaban J connectivity index is 2.05. The molecule has 0 aromatic carbocycles. The van der Waals surface area contributed by atoms with E-state index in [-0.39, 0.29) is 0 Å². The summed E-state index contributed by atoms with van der Waals surface area (Å²) >= 11 is 0. The van der Waals surface area contributed by atoms with Crippen molar-refractivity contribution in [3.63, 3.8) is 0 Å². The number of carbonyl (C=O) groups excluding carboxylic acids is 1. The van der Waals surface area contributed by atoms with Gasteiger partial charge in [-0.1, -0.05) is 27.2 Å². The van der Waals surface area contributed by atoms with Gasteiger partial charge in [0, 0.05) is 6.04 Å². The molecule has 2 aliphatic rings. The van der Waals surface area contributed by atoms with Crippen LogP contribution in [0, 0.1) is 11.8 Å². The van der Waals surface area contributed by atoms with Crippen molar-refractivity contribution in [3.05, 3.63) is 0 Å².